The van der Waals surface area contributed by atoms with Gasteiger partial charge in [0.05, 0.1) is 11.1 Å². The van der Waals surface area contributed by atoms with Crippen LogP contribution in [0.5, 0.6) is 0 Å². The predicted molar refractivity (Wildman–Crippen MR) is 126 cm³/mol. The van der Waals surface area contributed by atoms with Crippen LogP contribution in [0.25, 0.3) is 0 Å². The molecule has 186 valence electrons. The standard InChI is InChI=1S/C24H28N4O7/c1-24(22(34)35,11-10-19(31)32)12-18(30)15-5-2-14(3-6-15)4-7-16-8-9-17-20(28(16)13-29)21(33)27-23(25)26-17/h2-3,5-6,13,16H,4,7-12H2,1H3,(H,31,32)(H,34,35)(H3,25,26,27,33)/t16?,24-/m1/s1. The van der Waals surface area contributed by atoms with E-state index in [1.807, 2.05) is 0 Å². The van der Waals surface area contributed by atoms with Crippen LogP contribution in [0.2, 0.25) is 0 Å². The lowest BCUT2D eigenvalue weighted by Crippen LogP contribution is -2.42. The Morgan fingerprint density at radius 2 is 1.94 bits per heavy atom. The van der Waals surface area contributed by atoms with Gasteiger partial charge in [-0.2, -0.15) is 0 Å². The molecule has 11 nitrogen and oxygen atoms in total. The third-order valence-corrected chi connectivity index (χ3v) is 6.46. The molecule has 1 aliphatic heterocycles. The molecule has 0 radical (unpaired) electrons. The summed E-state index contributed by atoms with van der Waals surface area (Å²) in [6, 6.07) is 6.56. The van der Waals surface area contributed by atoms with Crippen LogP contribution in [-0.2, 0) is 27.2 Å². The molecule has 11 heteroatoms. The second-order valence-electron chi connectivity index (χ2n) is 9.05. The Hall–Kier alpha value is -4.02. The van der Waals surface area contributed by atoms with Crippen molar-refractivity contribution < 1.29 is 29.4 Å². The maximum Gasteiger partial charge on any atom is 0.309 e. The Labute approximate surface area is 201 Å². The number of carboxylic acids is 2. The minimum Gasteiger partial charge on any atom is -0.481 e. The Balaban J connectivity index is 1.65. The first kappa shape index (κ1) is 25.6. The number of carboxylic acid groups (broad SMARTS) is 2. The molecular formula is C24H28N4O7. The molecule has 3 rings (SSSR count). The number of nitrogen functional groups attached to an aromatic ring is 1. The summed E-state index contributed by atoms with van der Waals surface area (Å²) in [7, 11) is 0. The molecule has 1 aromatic heterocycles. The van der Waals surface area contributed by atoms with Crippen LogP contribution in [0.1, 0.15) is 60.6 Å². The minimum atomic E-state index is -1.47. The molecule has 2 atom stereocenters. The number of Topliss-reactive ketones (excluding diaryl/α,β-unsaturated/α-hetero) is 1. The van der Waals surface area contributed by atoms with Crippen molar-refractivity contribution in [2.45, 2.75) is 57.9 Å². The van der Waals surface area contributed by atoms with E-state index in [0.717, 1.165) is 5.56 Å². The number of benzene rings is 1. The number of anilines is 2. The predicted octanol–water partition coefficient (Wildman–Crippen LogP) is 1.79. The molecule has 35 heavy (non-hydrogen) atoms. The first-order valence-electron chi connectivity index (χ1n) is 11.2. The molecule has 0 aliphatic carbocycles. The first-order valence-corrected chi connectivity index (χ1v) is 11.2. The molecule has 1 aromatic carbocycles. The second-order valence-corrected chi connectivity index (χ2v) is 9.05. The quantitative estimate of drug-likeness (QED) is 0.273. The number of hydrogen-bond acceptors (Lipinski definition) is 7. The van der Waals surface area contributed by atoms with Crippen molar-refractivity contribution in [3.63, 3.8) is 0 Å². The molecule has 2 heterocycles. The van der Waals surface area contributed by atoms with Crippen LogP contribution in [0, 0.1) is 5.41 Å². The number of aromatic nitrogens is 2. The number of aromatic amines is 1. The number of fused-ring (bicyclic) bond motifs is 1. The van der Waals surface area contributed by atoms with E-state index < -0.39 is 22.9 Å². The Bertz CT molecular complexity index is 1190. The topological polar surface area (TPSA) is 184 Å². The van der Waals surface area contributed by atoms with E-state index in [1.165, 1.54) is 11.8 Å². The van der Waals surface area contributed by atoms with Gasteiger partial charge in [0.15, 0.2) is 5.78 Å². The highest BCUT2D eigenvalue weighted by Gasteiger charge is 2.36. The second kappa shape index (κ2) is 10.5. The summed E-state index contributed by atoms with van der Waals surface area (Å²) < 4.78 is 0. The van der Waals surface area contributed by atoms with Crippen molar-refractivity contribution in [1.82, 2.24) is 9.97 Å². The highest BCUT2D eigenvalue weighted by molar-refractivity contribution is 5.98. The van der Waals surface area contributed by atoms with E-state index in [-0.39, 0.29) is 42.7 Å². The number of carbonyl (C=O) groups is 4. The van der Waals surface area contributed by atoms with Gasteiger partial charge in [0.1, 0.15) is 5.69 Å². The van der Waals surface area contributed by atoms with E-state index in [4.69, 9.17) is 10.8 Å². The van der Waals surface area contributed by atoms with E-state index in [1.54, 1.807) is 24.3 Å². The van der Waals surface area contributed by atoms with Crippen molar-refractivity contribution in [2.24, 2.45) is 5.41 Å². The highest BCUT2D eigenvalue weighted by atomic mass is 16.4. The number of nitrogens with one attached hydrogen (secondary N) is 1. The number of aryl methyl sites for hydroxylation is 2. The lowest BCUT2D eigenvalue weighted by Gasteiger charge is -2.33. The third kappa shape index (κ3) is 5.92. The van der Waals surface area contributed by atoms with E-state index >= 15 is 0 Å². The summed E-state index contributed by atoms with van der Waals surface area (Å²) in [5.41, 5.74) is 5.64. The highest BCUT2D eigenvalue weighted by Crippen LogP contribution is 2.31. The lowest BCUT2D eigenvalue weighted by molar-refractivity contribution is -0.149. The van der Waals surface area contributed by atoms with Gasteiger partial charge in [-0.3, -0.25) is 29.0 Å². The number of H-pyrrole nitrogens is 1. The summed E-state index contributed by atoms with van der Waals surface area (Å²) in [6.07, 6.45) is 2.15. The number of nitrogens with zero attached hydrogens (tertiary/aromatic N) is 2. The SMILES string of the molecule is C[C@@](CCC(=O)O)(CC(=O)c1ccc(CCC2CCc3nc(N)[nH]c(=O)c3N2C=O)cc1)C(=O)O. The van der Waals surface area contributed by atoms with Gasteiger partial charge in [0, 0.05) is 24.4 Å². The normalized spacial score (nSPS) is 16.7. The number of carbonyl (C=O) groups excluding carboxylic acids is 2. The van der Waals surface area contributed by atoms with Gasteiger partial charge >= 0.3 is 11.9 Å². The van der Waals surface area contributed by atoms with Crippen molar-refractivity contribution in [3.05, 3.63) is 51.4 Å². The molecule has 1 aliphatic rings. The Morgan fingerprint density at radius 3 is 2.54 bits per heavy atom. The lowest BCUT2D eigenvalue weighted by atomic mass is 9.79. The van der Waals surface area contributed by atoms with Crippen LogP contribution in [0.15, 0.2) is 29.1 Å². The Morgan fingerprint density at radius 1 is 1.26 bits per heavy atom. The van der Waals surface area contributed by atoms with Crippen molar-refractivity contribution in [1.29, 1.82) is 0 Å². The van der Waals surface area contributed by atoms with Crippen LogP contribution in [0.4, 0.5) is 11.6 Å². The molecule has 0 fully saturated rings. The maximum absolute atomic E-state index is 12.7. The summed E-state index contributed by atoms with van der Waals surface area (Å²) in [5, 5.41) is 18.4. The molecule has 0 saturated carbocycles. The number of ketones is 1. The molecular weight excluding hydrogens is 456 g/mol. The third-order valence-electron chi connectivity index (χ3n) is 6.46. The van der Waals surface area contributed by atoms with Gasteiger partial charge < -0.3 is 20.8 Å². The molecule has 1 amide bonds. The van der Waals surface area contributed by atoms with Crippen LogP contribution < -0.4 is 16.2 Å². The smallest absolute Gasteiger partial charge is 0.309 e. The number of aliphatic carboxylic acids is 2. The Kier molecular flexibility index (Phi) is 7.68. The fourth-order valence-corrected chi connectivity index (χ4v) is 4.32. The summed E-state index contributed by atoms with van der Waals surface area (Å²) in [6.45, 7) is 1.38. The average Bonchev–Trinajstić information content (AvgIpc) is 2.81. The molecule has 0 saturated heterocycles. The van der Waals surface area contributed by atoms with Gasteiger partial charge in [-0.25, -0.2) is 4.98 Å². The van der Waals surface area contributed by atoms with E-state index in [2.05, 4.69) is 9.97 Å². The molecule has 0 spiro atoms. The largest absolute Gasteiger partial charge is 0.481 e. The van der Waals surface area contributed by atoms with Crippen LogP contribution >= 0.6 is 0 Å². The van der Waals surface area contributed by atoms with Crippen LogP contribution in [-0.4, -0.2) is 50.4 Å². The van der Waals surface area contributed by atoms with Gasteiger partial charge in [0.25, 0.3) is 5.56 Å². The zero-order chi connectivity index (χ0) is 25.8. The van der Waals surface area contributed by atoms with E-state index in [9.17, 15) is 29.1 Å². The van der Waals surface area contributed by atoms with Gasteiger partial charge in [-0.1, -0.05) is 24.3 Å². The van der Waals surface area contributed by atoms with Crippen molar-refractivity contribution in [3.8, 4) is 0 Å². The zero-order valence-corrected chi connectivity index (χ0v) is 19.3. The molecule has 1 unspecified atom stereocenters. The molecule has 0 bridgehead atoms. The number of amides is 1. The molecule has 5 N–H and O–H groups in total. The fourth-order valence-electron chi connectivity index (χ4n) is 4.32. The first-order chi connectivity index (χ1) is 16.5. The molecule has 2 aromatic rings. The number of hydrogen-bond donors (Lipinski definition) is 4. The zero-order valence-electron chi connectivity index (χ0n) is 19.3. The fraction of sp³-hybridized carbons (Fsp3) is 0.417. The summed E-state index contributed by atoms with van der Waals surface area (Å²) in [4.78, 5) is 67.2. The average molecular weight is 485 g/mol. The summed E-state index contributed by atoms with van der Waals surface area (Å²) >= 11 is 0. The number of rotatable bonds is 11. The van der Waals surface area contributed by atoms with Gasteiger partial charge in [-0.05, 0) is 44.6 Å². The van der Waals surface area contributed by atoms with E-state index in [0.29, 0.717) is 43.4 Å². The number of nitrogens with two attached hydrogens (primary N) is 1. The minimum absolute atomic E-state index is 0.0123. The summed E-state index contributed by atoms with van der Waals surface area (Å²) in [5.74, 6) is -2.70. The van der Waals surface area contributed by atoms with Crippen molar-refractivity contribution in [2.75, 3.05) is 10.6 Å². The monoisotopic (exact) mass is 484 g/mol. The maximum atomic E-state index is 12.7. The van der Waals surface area contributed by atoms with Crippen molar-refractivity contribution >= 4 is 35.8 Å². The van der Waals surface area contributed by atoms with Gasteiger partial charge in [0.2, 0.25) is 12.4 Å². The van der Waals surface area contributed by atoms with Crippen LogP contribution in [0.3, 0.4) is 0 Å². The van der Waals surface area contributed by atoms with Gasteiger partial charge in [-0.15, -0.1) is 0 Å².